The van der Waals surface area contributed by atoms with Crippen LogP contribution in [0.5, 0.6) is 0 Å². The number of nitrogens with zero attached hydrogens (tertiary/aromatic N) is 1. The molecular weight excluding hydrogens is 336 g/mol. The van der Waals surface area contributed by atoms with E-state index < -0.39 is 9.84 Å². The van der Waals surface area contributed by atoms with Crippen molar-refractivity contribution < 1.29 is 18.0 Å². The van der Waals surface area contributed by atoms with Crippen molar-refractivity contribution in [3.8, 4) is 0 Å². The Morgan fingerprint density at radius 3 is 2.87 bits per heavy atom. The summed E-state index contributed by atoms with van der Waals surface area (Å²) in [4.78, 5) is 26.8. The molecule has 2 amide bonds. The molecule has 0 aliphatic carbocycles. The van der Waals surface area contributed by atoms with Gasteiger partial charge in [-0.3, -0.25) is 9.59 Å². The van der Waals surface area contributed by atoms with Crippen LogP contribution in [0, 0.1) is 0 Å². The lowest BCUT2D eigenvalue weighted by molar-refractivity contribution is -0.121. The second-order valence-electron chi connectivity index (χ2n) is 5.72. The number of carbonyl (C=O) groups excluding carboxylic acids is 2. The van der Waals surface area contributed by atoms with Crippen LogP contribution in [0.3, 0.4) is 0 Å². The molecule has 1 atom stereocenters. The van der Waals surface area contributed by atoms with Crippen LogP contribution in [0.25, 0.3) is 0 Å². The zero-order chi connectivity index (χ0) is 16.4. The molecule has 1 aromatic carbocycles. The van der Waals surface area contributed by atoms with Crippen LogP contribution >= 0.6 is 11.8 Å². The van der Waals surface area contributed by atoms with E-state index in [2.05, 4.69) is 5.32 Å². The number of nitrogens with one attached hydrogen (secondary N) is 1. The monoisotopic (exact) mass is 354 g/mol. The Labute approximate surface area is 139 Å². The van der Waals surface area contributed by atoms with Crippen LogP contribution in [0.2, 0.25) is 0 Å². The third-order valence-electron chi connectivity index (χ3n) is 3.97. The number of thioether (sulfide) groups is 1. The highest BCUT2D eigenvalue weighted by Crippen LogP contribution is 2.34. The highest BCUT2D eigenvalue weighted by molar-refractivity contribution is 8.00. The molecule has 23 heavy (non-hydrogen) atoms. The van der Waals surface area contributed by atoms with E-state index in [-0.39, 0.29) is 35.8 Å². The molecule has 0 saturated carbocycles. The predicted molar refractivity (Wildman–Crippen MR) is 89.3 cm³/mol. The van der Waals surface area contributed by atoms with Crippen LogP contribution < -0.4 is 10.2 Å². The van der Waals surface area contributed by atoms with Gasteiger partial charge in [0.1, 0.15) is 0 Å². The first-order chi connectivity index (χ1) is 10.9. The lowest BCUT2D eigenvalue weighted by Gasteiger charge is -2.28. The molecule has 1 fully saturated rings. The van der Waals surface area contributed by atoms with E-state index in [9.17, 15) is 18.0 Å². The lowest BCUT2D eigenvalue weighted by Crippen LogP contribution is -2.41. The van der Waals surface area contributed by atoms with E-state index in [0.717, 1.165) is 10.6 Å². The van der Waals surface area contributed by atoms with Crippen LogP contribution in [-0.2, 0) is 19.4 Å². The minimum atomic E-state index is -3.01. The summed E-state index contributed by atoms with van der Waals surface area (Å²) in [6.45, 7) is 0.307. The highest BCUT2D eigenvalue weighted by atomic mass is 32.2. The Balaban J connectivity index is 1.58. The molecule has 1 N–H and O–H groups in total. The molecule has 1 saturated heterocycles. The van der Waals surface area contributed by atoms with Crippen LogP contribution in [0.1, 0.15) is 12.8 Å². The number of fused-ring (bicyclic) bond motifs is 1. The van der Waals surface area contributed by atoms with Crippen molar-refractivity contribution in [3.63, 3.8) is 0 Å². The van der Waals surface area contributed by atoms with E-state index in [4.69, 9.17) is 0 Å². The number of rotatable bonds is 4. The third-order valence-corrected chi connectivity index (χ3v) is 6.78. The molecule has 0 aromatic heterocycles. The largest absolute Gasteiger partial charge is 0.352 e. The number of anilines is 1. The molecule has 0 spiro atoms. The molecule has 6 nitrogen and oxygen atoms in total. The van der Waals surface area contributed by atoms with E-state index in [0.29, 0.717) is 18.7 Å². The predicted octanol–water partition coefficient (Wildman–Crippen LogP) is 0.819. The minimum Gasteiger partial charge on any atom is -0.352 e. The topological polar surface area (TPSA) is 83.6 Å². The van der Waals surface area contributed by atoms with Crippen molar-refractivity contribution in [1.29, 1.82) is 0 Å². The number of para-hydroxylation sites is 1. The number of carbonyl (C=O) groups is 2. The molecule has 2 aliphatic heterocycles. The summed E-state index contributed by atoms with van der Waals surface area (Å²) >= 11 is 1.50. The zero-order valence-electron chi connectivity index (χ0n) is 12.5. The second kappa shape index (κ2) is 6.52. The first kappa shape index (κ1) is 16.3. The van der Waals surface area contributed by atoms with Crippen molar-refractivity contribution in [1.82, 2.24) is 5.32 Å². The Bertz CT molecular complexity index is 733. The number of sulfone groups is 1. The van der Waals surface area contributed by atoms with Crippen molar-refractivity contribution >= 4 is 39.1 Å². The van der Waals surface area contributed by atoms with Gasteiger partial charge in [-0.2, -0.15) is 0 Å². The fraction of sp³-hybridized carbons (Fsp3) is 0.467. The fourth-order valence-electron chi connectivity index (χ4n) is 2.82. The van der Waals surface area contributed by atoms with Gasteiger partial charge in [0.05, 0.1) is 22.9 Å². The van der Waals surface area contributed by atoms with E-state index in [1.807, 2.05) is 24.3 Å². The van der Waals surface area contributed by atoms with Crippen molar-refractivity contribution in [2.24, 2.45) is 0 Å². The average molecular weight is 354 g/mol. The van der Waals surface area contributed by atoms with Gasteiger partial charge < -0.3 is 10.2 Å². The average Bonchev–Trinajstić information content (AvgIpc) is 2.85. The van der Waals surface area contributed by atoms with Crippen LogP contribution in [0.4, 0.5) is 5.69 Å². The van der Waals surface area contributed by atoms with Gasteiger partial charge in [-0.1, -0.05) is 12.1 Å². The summed E-state index contributed by atoms with van der Waals surface area (Å²) in [5, 5.41) is 2.75. The molecule has 8 heteroatoms. The summed E-state index contributed by atoms with van der Waals surface area (Å²) < 4.78 is 22.8. The summed E-state index contributed by atoms with van der Waals surface area (Å²) in [5.41, 5.74) is 0.838. The molecule has 124 valence electrons. The van der Waals surface area contributed by atoms with Crippen molar-refractivity contribution in [3.05, 3.63) is 24.3 Å². The Hall–Kier alpha value is -1.54. The van der Waals surface area contributed by atoms with E-state index in [1.54, 1.807) is 4.90 Å². The smallest absolute Gasteiger partial charge is 0.237 e. The Morgan fingerprint density at radius 2 is 2.13 bits per heavy atom. The van der Waals surface area contributed by atoms with Crippen molar-refractivity contribution in [2.45, 2.75) is 23.8 Å². The van der Waals surface area contributed by atoms with Crippen molar-refractivity contribution in [2.75, 3.05) is 28.7 Å². The second-order valence-corrected chi connectivity index (χ2v) is 8.97. The Morgan fingerprint density at radius 1 is 1.35 bits per heavy atom. The summed E-state index contributed by atoms with van der Waals surface area (Å²) in [7, 11) is -3.01. The number of benzene rings is 1. The molecule has 0 bridgehead atoms. The molecule has 2 heterocycles. The van der Waals surface area contributed by atoms with Gasteiger partial charge in [0, 0.05) is 23.9 Å². The lowest BCUT2D eigenvalue weighted by atomic mass is 10.2. The number of amides is 2. The van der Waals surface area contributed by atoms with Crippen LogP contribution in [0.15, 0.2) is 29.2 Å². The molecular formula is C15H18N2O4S2. The summed E-state index contributed by atoms with van der Waals surface area (Å²) in [6.07, 6.45) is 0.636. The maximum absolute atomic E-state index is 12.1. The maximum atomic E-state index is 12.1. The van der Waals surface area contributed by atoms with Gasteiger partial charge in [0.15, 0.2) is 9.84 Å². The third kappa shape index (κ3) is 3.87. The van der Waals surface area contributed by atoms with E-state index >= 15 is 0 Å². The van der Waals surface area contributed by atoms with Gasteiger partial charge >= 0.3 is 0 Å². The quantitative estimate of drug-likeness (QED) is 0.865. The zero-order valence-corrected chi connectivity index (χ0v) is 14.2. The first-order valence-electron chi connectivity index (χ1n) is 7.46. The molecule has 0 radical (unpaired) electrons. The van der Waals surface area contributed by atoms with Gasteiger partial charge in [-0.25, -0.2) is 8.42 Å². The summed E-state index contributed by atoms with van der Waals surface area (Å²) in [6, 6.07) is 7.33. The number of hydrogen-bond acceptors (Lipinski definition) is 5. The molecule has 0 unspecified atom stereocenters. The molecule has 2 aliphatic rings. The minimum absolute atomic E-state index is 0.00931. The summed E-state index contributed by atoms with van der Waals surface area (Å²) in [5.74, 6) is 0.300. The number of hydrogen-bond donors (Lipinski definition) is 1. The first-order valence-corrected chi connectivity index (χ1v) is 10.3. The normalized spacial score (nSPS) is 22.7. The van der Waals surface area contributed by atoms with E-state index in [1.165, 1.54) is 11.8 Å². The SMILES string of the molecule is O=C(CCN1C(=O)CSc2ccccc21)N[C@@H]1CCS(=O)(=O)C1. The van der Waals surface area contributed by atoms with Gasteiger partial charge in [0.2, 0.25) is 11.8 Å². The molecule has 3 rings (SSSR count). The standard InChI is InChI=1S/C15H18N2O4S2/c18-14(16-11-6-8-23(20,21)10-11)5-7-17-12-3-1-2-4-13(12)22-9-15(17)19/h1-4,11H,5-10H2,(H,16,18)/t11-/m1/s1. The Kier molecular flexibility index (Phi) is 4.63. The van der Waals surface area contributed by atoms with Gasteiger partial charge in [-0.05, 0) is 18.6 Å². The van der Waals surface area contributed by atoms with Crippen LogP contribution in [-0.4, -0.2) is 50.1 Å². The van der Waals surface area contributed by atoms with Gasteiger partial charge in [-0.15, -0.1) is 11.8 Å². The maximum Gasteiger partial charge on any atom is 0.237 e. The fourth-order valence-corrected chi connectivity index (χ4v) is 5.43. The molecule has 1 aromatic rings. The van der Waals surface area contributed by atoms with Gasteiger partial charge in [0.25, 0.3) is 0 Å². The highest BCUT2D eigenvalue weighted by Gasteiger charge is 2.29.